The first-order valence-corrected chi connectivity index (χ1v) is 7.85. The van der Waals surface area contributed by atoms with Gasteiger partial charge < -0.3 is 15.4 Å². The Kier molecular flexibility index (Phi) is 4.96. The number of nitrogens with zero attached hydrogens (tertiary/aromatic N) is 1. The first-order chi connectivity index (χ1) is 11.7. The molecule has 24 heavy (non-hydrogen) atoms. The van der Waals surface area contributed by atoms with Gasteiger partial charge in [-0.05, 0) is 24.3 Å². The normalized spacial score (nSPS) is 16.6. The van der Waals surface area contributed by atoms with Gasteiger partial charge in [-0.3, -0.25) is 4.90 Å². The van der Waals surface area contributed by atoms with Gasteiger partial charge in [0.2, 0.25) is 0 Å². The summed E-state index contributed by atoms with van der Waals surface area (Å²) in [7, 11) is 0. The van der Waals surface area contributed by atoms with E-state index in [0.29, 0.717) is 19.5 Å². The molecule has 0 saturated carbocycles. The third kappa shape index (κ3) is 4.04. The lowest BCUT2D eigenvalue weighted by atomic mass is 10.2. The monoisotopic (exact) mass is 325 g/mol. The highest BCUT2D eigenvalue weighted by molar-refractivity contribution is 5.90. The SMILES string of the molecule is O=C(NCCC1CN(c2ccccc2)C(=O)O1)Nc1ccccc1. The van der Waals surface area contributed by atoms with Crippen LogP contribution in [0.15, 0.2) is 60.7 Å². The Morgan fingerprint density at radius 3 is 2.46 bits per heavy atom. The molecule has 1 aliphatic rings. The molecule has 0 aromatic heterocycles. The molecule has 6 heteroatoms. The van der Waals surface area contributed by atoms with Crippen LogP contribution in [-0.2, 0) is 4.74 Å². The highest BCUT2D eigenvalue weighted by atomic mass is 16.6. The molecule has 0 aliphatic carbocycles. The highest BCUT2D eigenvalue weighted by Gasteiger charge is 2.31. The molecule has 6 nitrogen and oxygen atoms in total. The van der Waals surface area contributed by atoms with Crippen LogP contribution in [0.3, 0.4) is 0 Å². The van der Waals surface area contributed by atoms with Gasteiger partial charge in [-0.2, -0.15) is 0 Å². The van der Waals surface area contributed by atoms with Crippen molar-refractivity contribution >= 4 is 23.5 Å². The third-order valence-corrected chi connectivity index (χ3v) is 3.73. The van der Waals surface area contributed by atoms with E-state index in [2.05, 4.69) is 10.6 Å². The van der Waals surface area contributed by atoms with Crippen LogP contribution >= 0.6 is 0 Å². The number of carbonyl (C=O) groups is 2. The van der Waals surface area contributed by atoms with Gasteiger partial charge in [0.15, 0.2) is 0 Å². The van der Waals surface area contributed by atoms with E-state index in [1.54, 1.807) is 4.90 Å². The van der Waals surface area contributed by atoms with E-state index in [1.807, 2.05) is 60.7 Å². The van der Waals surface area contributed by atoms with E-state index >= 15 is 0 Å². The van der Waals surface area contributed by atoms with Gasteiger partial charge in [0.05, 0.1) is 6.54 Å². The summed E-state index contributed by atoms with van der Waals surface area (Å²) in [5.41, 5.74) is 1.55. The van der Waals surface area contributed by atoms with Gasteiger partial charge in [-0.15, -0.1) is 0 Å². The number of benzene rings is 2. The fourth-order valence-electron chi connectivity index (χ4n) is 2.53. The maximum atomic E-state index is 11.9. The van der Waals surface area contributed by atoms with E-state index in [4.69, 9.17) is 4.74 Å². The molecular formula is C18H19N3O3. The molecule has 3 amide bonds. The zero-order valence-electron chi connectivity index (χ0n) is 13.1. The van der Waals surface area contributed by atoms with Gasteiger partial charge in [0.25, 0.3) is 0 Å². The molecule has 124 valence electrons. The second kappa shape index (κ2) is 7.50. The van der Waals surface area contributed by atoms with E-state index < -0.39 is 0 Å². The second-order valence-corrected chi connectivity index (χ2v) is 5.49. The quantitative estimate of drug-likeness (QED) is 0.886. The Labute approximate surface area is 140 Å². The first-order valence-electron chi connectivity index (χ1n) is 7.85. The van der Waals surface area contributed by atoms with Crippen LogP contribution in [0, 0.1) is 0 Å². The molecule has 1 atom stereocenters. The number of anilines is 2. The number of hydrogen-bond acceptors (Lipinski definition) is 3. The number of nitrogens with one attached hydrogen (secondary N) is 2. The largest absolute Gasteiger partial charge is 0.444 e. The molecule has 1 unspecified atom stereocenters. The summed E-state index contributed by atoms with van der Waals surface area (Å²) < 4.78 is 5.34. The molecule has 2 aromatic carbocycles. The van der Waals surface area contributed by atoms with Crippen LogP contribution in [0.5, 0.6) is 0 Å². The first kappa shape index (κ1) is 15.9. The van der Waals surface area contributed by atoms with E-state index in [1.165, 1.54) is 0 Å². The van der Waals surface area contributed by atoms with Crippen molar-refractivity contribution in [2.75, 3.05) is 23.3 Å². The number of rotatable bonds is 5. The number of cyclic esters (lactones) is 1. The number of hydrogen-bond donors (Lipinski definition) is 2. The minimum atomic E-state index is -0.347. The fourth-order valence-corrected chi connectivity index (χ4v) is 2.53. The van der Waals surface area contributed by atoms with Crippen molar-refractivity contribution in [3.05, 3.63) is 60.7 Å². The Morgan fingerprint density at radius 2 is 1.75 bits per heavy atom. The van der Waals surface area contributed by atoms with Gasteiger partial charge >= 0.3 is 12.1 Å². The molecule has 0 bridgehead atoms. The average Bonchev–Trinajstić information content (AvgIpc) is 2.97. The zero-order chi connectivity index (χ0) is 16.8. The summed E-state index contributed by atoms with van der Waals surface area (Å²) in [5.74, 6) is 0. The van der Waals surface area contributed by atoms with Gasteiger partial charge in [0, 0.05) is 24.3 Å². The highest BCUT2D eigenvalue weighted by Crippen LogP contribution is 2.22. The minimum absolute atomic E-state index is 0.227. The molecule has 1 aliphatic heterocycles. The summed E-state index contributed by atoms with van der Waals surface area (Å²) >= 11 is 0. The molecule has 2 aromatic rings. The maximum Gasteiger partial charge on any atom is 0.414 e. The summed E-state index contributed by atoms with van der Waals surface area (Å²) in [6.07, 6.45) is -0.00763. The lowest BCUT2D eigenvalue weighted by Gasteiger charge is -2.12. The Morgan fingerprint density at radius 1 is 1.08 bits per heavy atom. The standard InChI is InChI=1S/C18H19N3O3/c22-17(20-14-7-3-1-4-8-14)19-12-11-16-13-21(18(23)24-16)15-9-5-2-6-10-15/h1-10,16H,11-13H2,(H2,19,20,22). The number of urea groups is 1. The van der Waals surface area contributed by atoms with Crippen LogP contribution in [0.25, 0.3) is 0 Å². The van der Waals surface area contributed by atoms with E-state index in [-0.39, 0.29) is 18.2 Å². The fraction of sp³-hybridized carbons (Fsp3) is 0.222. The molecule has 0 radical (unpaired) electrons. The average molecular weight is 325 g/mol. The van der Waals surface area contributed by atoms with Crippen LogP contribution in [-0.4, -0.2) is 31.3 Å². The number of para-hydroxylation sites is 2. The molecule has 1 fully saturated rings. The Hall–Kier alpha value is -3.02. The van der Waals surface area contributed by atoms with Crippen LogP contribution < -0.4 is 15.5 Å². The number of ether oxygens (including phenoxy) is 1. The van der Waals surface area contributed by atoms with Crippen molar-refractivity contribution in [3.63, 3.8) is 0 Å². The van der Waals surface area contributed by atoms with E-state index in [0.717, 1.165) is 11.4 Å². The second-order valence-electron chi connectivity index (χ2n) is 5.49. The maximum absolute atomic E-state index is 11.9. The lowest BCUT2D eigenvalue weighted by molar-refractivity contribution is 0.137. The topological polar surface area (TPSA) is 70.7 Å². The number of carbonyl (C=O) groups excluding carboxylic acids is 2. The van der Waals surface area contributed by atoms with Gasteiger partial charge in [-0.25, -0.2) is 9.59 Å². The van der Waals surface area contributed by atoms with Crippen LogP contribution in [0.4, 0.5) is 21.0 Å². The van der Waals surface area contributed by atoms with Crippen molar-refractivity contribution < 1.29 is 14.3 Å². The molecule has 0 spiro atoms. The van der Waals surface area contributed by atoms with Gasteiger partial charge in [-0.1, -0.05) is 36.4 Å². The molecule has 1 saturated heterocycles. The predicted molar refractivity (Wildman–Crippen MR) is 92.1 cm³/mol. The third-order valence-electron chi connectivity index (χ3n) is 3.73. The van der Waals surface area contributed by atoms with Crippen LogP contribution in [0.2, 0.25) is 0 Å². The van der Waals surface area contributed by atoms with Crippen molar-refractivity contribution in [1.29, 1.82) is 0 Å². The summed E-state index contributed by atoms with van der Waals surface area (Å²) in [6, 6.07) is 18.4. The summed E-state index contributed by atoms with van der Waals surface area (Å²) in [4.78, 5) is 25.3. The van der Waals surface area contributed by atoms with Crippen molar-refractivity contribution in [2.45, 2.75) is 12.5 Å². The predicted octanol–water partition coefficient (Wildman–Crippen LogP) is 3.22. The molecule has 2 N–H and O–H groups in total. The molecular weight excluding hydrogens is 306 g/mol. The summed E-state index contributed by atoms with van der Waals surface area (Å²) in [6.45, 7) is 0.921. The summed E-state index contributed by atoms with van der Waals surface area (Å²) in [5, 5.41) is 5.51. The van der Waals surface area contributed by atoms with Crippen molar-refractivity contribution in [3.8, 4) is 0 Å². The Balaban J connectivity index is 1.43. The molecule has 1 heterocycles. The minimum Gasteiger partial charge on any atom is -0.444 e. The Bertz CT molecular complexity index is 691. The van der Waals surface area contributed by atoms with Crippen LogP contribution in [0.1, 0.15) is 6.42 Å². The van der Waals surface area contributed by atoms with Crippen molar-refractivity contribution in [1.82, 2.24) is 5.32 Å². The molecule has 3 rings (SSSR count). The number of amides is 3. The van der Waals surface area contributed by atoms with Crippen molar-refractivity contribution in [2.24, 2.45) is 0 Å². The van der Waals surface area contributed by atoms with Gasteiger partial charge in [0.1, 0.15) is 6.10 Å². The lowest BCUT2D eigenvalue weighted by Crippen LogP contribution is -2.32. The zero-order valence-corrected chi connectivity index (χ0v) is 13.1. The smallest absolute Gasteiger partial charge is 0.414 e. The van der Waals surface area contributed by atoms with E-state index in [9.17, 15) is 9.59 Å².